The summed E-state index contributed by atoms with van der Waals surface area (Å²) in [6, 6.07) is 0. The van der Waals surface area contributed by atoms with Crippen molar-refractivity contribution in [3.8, 4) is 0 Å². The first-order chi connectivity index (χ1) is 26.0. The molecule has 0 aromatic carbocycles. The Morgan fingerprint density at radius 1 is 0.593 bits per heavy atom. The van der Waals surface area contributed by atoms with Crippen LogP contribution in [-0.4, -0.2) is 98.9 Å². The summed E-state index contributed by atoms with van der Waals surface area (Å²) < 4.78 is 34.0. The second-order valence-corrected chi connectivity index (χ2v) is 16.3. The summed E-state index contributed by atoms with van der Waals surface area (Å²) in [5, 5.41) is 50.0. The Bertz CT molecular complexity index is 995. The van der Waals surface area contributed by atoms with Crippen molar-refractivity contribution < 1.29 is 58.3 Å². The molecule has 0 amide bonds. The van der Waals surface area contributed by atoms with E-state index in [0.29, 0.717) is 13.0 Å². The van der Waals surface area contributed by atoms with Gasteiger partial charge in [0.2, 0.25) is 0 Å². The quantitative estimate of drug-likeness (QED) is 0.0159. The number of esters is 1. The molecule has 1 saturated carbocycles. The number of carbonyl (C=O) groups excluding carboxylic acids is 1. The van der Waals surface area contributed by atoms with Gasteiger partial charge in [0.05, 0.1) is 13.2 Å². The lowest BCUT2D eigenvalue weighted by Gasteiger charge is -2.41. The van der Waals surface area contributed by atoms with Crippen molar-refractivity contribution in [1.82, 2.24) is 0 Å². The molecule has 1 rings (SSSR count). The fourth-order valence-corrected chi connectivity index (χ4v) is 7.36. The number of unbranched alkanes of at least 4 members (excludes halogenated alkanes) is 19. The van der Waals surface area contributed by atoms with Gasteiger partial charge in [0.25, 0.3) is 0 Å². The van der Waals surface area contributed by atoms with Gasteiger partial charge in [0.1, 0.15) is 42.7 Å². The summed E-state index contributed by atoms with van der Waals surface area (Å²) >= 11 is 0. The number of rotatable bonds is 35. The van der Waals surface area contributed by atoms with Crippen molar-refractivity contribution in [3.05, 3.63) is 24.3 Å². The number of carbonyl (C=O) groups is 1. The summed E-state index contributed by atoms with van der Waals surface area (Å²) in [5.41, 5.74) is 0. The molecule has 0 saturated heterocycles. The predicted molar refractivity (Wildman–Crippen MR) is 212 cm³/mol. The van der Waals surface area contributed by atoms with Crippen LogP contribution in [0.3, 0.4) is 0 Å². The molecule has 6 N–H and O–H groups in total. The molecule has 0 aromatic heterocycles. The molecule has 318 valence electrons. The first-order valence-electron chi connectivity index (χ1n) is 21.2. The van der Waals surface area contributed by atoms with Crippen LogP contribution >= 0.6 is 7.82 Å². The highest BCUT2D eigenvalue weighted by atomic mass is 31.2. The Morgan fingerprint density at radius 2 is 1.04 bits per heavy atom. The largest absolute Gasteiger partial charge is 0.472 e. The van der Waals surface area contributed by atoms with Gasteiger partial charge in [-0.1, -0.05) is 141 Å². The van der Waals surface area contributed by atoms with Gasteiger partial charge < -0.3 is 39.9 Å². The van der Waals surface area contributed by atoms with Gasteiger partial charge in [-0.25, -0.2) is 4.57 Å². The number of ether oxygens (including phenoxy) is 2. The maximum Gasteiger partial charge on any atom is 0.472 e. The van der Waals surface area contributed by atoms with E-state index in [0.717, 1.165) is 64.2 Å². The highest BCUT2D eigenvalue weighted by molar-refractivity contribution is 7.47. The van der Waals surface area contributed by atoms with Gasteiger partial charge in [-0.05, 0) is 44.9 Å². The highest BCUT2D eigenvalue weighted by Gasteiger charge is 2.51. The monoisotopic (exact) mass is 793 g/mol. The zero-order chi connectivity index (χ0) is 39.9. The maximum absolute atomic E-state index is 12.8. The van der Waals surface area contributed by atoms with E-state index in [2.05, 4.69) is 38.2 Å². The molecule has 0 spiro atoms. The fourth-order valence-electron chi connectivity index (χ4n) is 6.38. The normalized spacial score (nSPS) is 23.6. The van der Waals surface area contributed by atoms with Crippen LogP contribution in [0.25, 0.3) is 0 Å². The average molecular weight is 793 g/mol. The molecule has 0 heterocycles. The number of allylic oxidation sites excluding steroid dienone is 4. The van der Waals surface area contributed by atoms with Crippen LogP contribution in [0.5, 0.6) is 0 Å². The zero-order valence-electron chi connectivity index (χ0n) is 33.5. The Labute approximate surface area is 326 Å². The molecule has 6 unspecified atom stereocenters. The lowest BCUT2D eigenvalue weighted by Crippen LogP contribution is -2.64. The van der Waals surface area contributed by atoms with Crippen molar-refractivity contribution in [2.45, 2.75) is 211 Å². The second kappa shape index (κ2) is 32.9. The SMILES string of the molecule is CCCCCC/C=C\C/C=C\CCCCCCCC(=O)OC(COCCCCCCCCCCCCC)COP(=O)(O)OC1C(O)C(O)C(O)C(O)C1O. The van der Waals surface area contributed by atoms with E-state index >= 15 is 0 Å². The molecule has 1 aliphatic carbocycles. The average Bonchev–Trinajstić information content (AvgIpc) is 3.15. The van der Waals surface area contributed by atoms with Crippen molar-refractivity contribution in [2.75, 3.05) is 19.8 Å². The Kier molecular flexibility index (Phi) is 30.9. The maximum atomic E-state index is 12.8. The van der Waals surface area contributed by atoms with Crippen molar-refractivity contribution in [1.29, 1.82) is 0 Å². The molecule has 0 bridgehead atoms. The molecule has 0 aliphatic heterocycles. The van der Waals surface area contributed by atoms with Crippen molar-refractivity contribution >= 4 is 13.8 Å². The van der Waals surface area contributed by atoms with Gasteiger partial charge in [0.15, 0.2) is 0 Å². The minimum Gasteiger partial charge on any atom is -0.457 e. The van der Waals surface area contributed by atoms with Crippen molar-refractivity contribution in [2.24, 2.45) is 0 Å². The molecule has 54 heavy (non-hydrogen) atoms. The second-order valence-electron chi connectivity index (χ2n) is 14.8. The zero-order valence-corrected chi connectivity index (χ0v) is 34.4. The summed E-state index contributed by atoms with van der Waals surface area (Å²) in [4.78, 5) is 23.1. The van der Waals surface area contributed by atoms with E-state index < -0.39 is 63.1 Å². The number of hydrogen-bond acceptors (Lipinski definition) is 11. The minimum atomic E-state index is -5.01. The number of aliphatic hydroxyl groups is 5. The summed E-state index contributed by atoms with van der Waals surface area (Å²) in [5.74, 6) is -0.490. The van der Waals surface area contributed by atoms with E-state index in [1.807, 2.05) is 0 Å². The molecule has 6 atom stereocenters. The first kappa shape index (κ1) is 50.8. The Balaban J connectivity index is 2.44. The van der Waals surface area contributed by atoms with E-state index in [4.69, 9.17) is 18.5 Å². The van der Waals surface area contributed by atoms with E-state index in [-0.39, 0.29) is 13.0 Å². The van der Waals surface area contributed by atoms with Crippen LogP contribution < -0.4 is 0 Å². The predicted octanol–water partition coefficient (Wildman–Crippen LogP) is 7.75. The number of hydrogen-bond donors (Lipinski definition) is 6. The summed E-state index contributed by atoms with van der Waals surface area (Å²) in [6.45, 7) is 4.21. The standard InChI is InChI=1S/C41H77O12P/c1-3-5-7-9-11-13-15-16-17-18-19-20-22-24-26-28-30-35(42)52-34(32-50-31-29-27-25-23-21-14-12-10-8-6-4-2)33-51-54(48,49)53-41-39(46)37(44)36(43)38(45)40(41)47/h13,15,17-18,34,36-41,43-47H,3-12,14,16,19-33H2,1-2H3,(H,48,49)/b15-13-,18-17-. The Hall–Kier alpha value is -1.18. The fraction of sp³-hybridized carbons (Fsp3) is 0.878. The summed E-state index contributed by atoms with van der Waals surface area (Å²) in [7, 11) is -5.01. The molecule has 0 aromatic rings. The van der Waals surface area contributed by atoms with Crippen LogP contribution in [0.4, 0.5) is 0 Å². The minimum absolute atomic E-state index is 0.0793. The van der Waals surface area contributed by atoms with Gasteiger partial charge in [0, 0.05) is 13.0 Å². The van der Waals surface area contributed by atoms with Crippen LogP contribution in [0.15, 0.2) is 24.3 Å². The van der Waals surface area contributed by atoms with E-state index in [9.17, 15) is 39.8 Å². The van der Waals surface area contributed by atoms with E-state index in [1.165, 1.54) is 77.0 Å². The molecule has 1 fully saturated rings. The lowest BCUT2D eigenvalue weighted by molar-refractivity contribution is -0.220. The van der Waals surface area contributed by atoms with Crippen molar-refractivity contribution in [3.63, 3.8) is 0 Å². The Morgan fingerprint density at radius 3 is 1.57 bits per heavy atom. The van der Waals surface area contributed by atoms with Gasteiger partial charge >= 0.3 is 13.8 Å². The molecule has 13 heteroatoms. The van der Waals surface area contributed by atoms with Gasteiger partial charge in [-0.15, -0.1) is 0 Å². The van der Waals surface area contributed by atoms with Crippen LogP contribution in [0.1, 0.15) is 168 Å². The van der Waals surface area contributed by atoms with E-state index in [1.54, 1.807) is 0 Å². The smallest absolute Gasteiger partial charge is 0.457 e. The number of phosphoric acid groups is 1. The number of aliphatic hydroxyl groups excluding tert-OH is 5. The third kappa shape index (κ3) is 25.1. The third-order valence-electron chi connectivity index (χ3n) is 9.83. The molecule has 12 nitrogen and oxygen atoms in total. The first-order valence-corrected chi connectivity index (χ1v) is 22.7. The van der Waals surface area contributed by atoms with Crippen LogP contribution in [0, 0.1) is 0 Å². The molecular weight excluding hydrogens is 715 g/mol. The summed E-state index contributed by atoms with van der Waals surface area (Å²) in [6.07, 6.45) is 22.5. The molecule has 0 radical (unpaired) electrons. The van der Waals surface area contributed by atoms with Crippen LogP contribution in [0.2, 0.25) is 0 Å². The molecule has 1 aliphatic rings. The highest BCUT2D eigenvalue weighted by Crippen LogP contribution is 2.47. The molecular formula is C41H77O12P. The van der Waals surface area contributed by atoms with Gasteiger partial charge in [-0.3, -0.25) is 13.8 Å². The number of phosphoric ester groups is 1. The third-order valence-corrected chi connectivity index (χ3v) is 10.8. The van der Waals surface area contributed by atoms with Gasteiger partial charge in [-0.2, -0.15) is 0 Å². The van der Waals surface area contributed by atoms with Crippen LogP contribution in [-0.2, 0) is 27.9 Å². The lowest BCUT2D eigenvalue weighted by atomic mass is 9.85. The topological polar surface area (TPSA) is 192 Å².